The first-order valence-corrected chi connectivity index (χ1v) is 4.86. The van der Waals surface area contributed by atoms with Crippen molar-refractivity contribution in [1.82, 2.24) is 0 Å². The van der Waals surface area contributed by atoms with Crippen LogP contribution in [0.1, 0.15) is 16.7 Å². The topological polar surface area (TPSA) is 52.0 Å². The molecule has 4 heteroatoms. The Bertz CT molecular complexity index is 382. The molecule has 0 aliphatic heterocycles. The Morgan fingerprint density at radius 2 is 1.80 bits per heavy atom. The highest BCUT2D eigenvalue weighted by Gasteiger charge is 2.07. The van der Waals surface area contributed by atoms with E-state index >= 15 is 0 Å². The molecule has 1 aromatic carbocycles. The van der Waals surface area contributed by atoms with Crippen molar-refractivity contribution in [3.8, 4) is 0 Å². The summed E-state index contributed by atoms with van der Waals surface area (Å²) in [7, 11) is 1.93. The molecule has 0 radical (unpaired) electrons. The number of azide groups is 1. The Morgan fingerprint density at radius 1 is 1.27 bits per heavy atom. The molecule has 0 heterocycles. The first-order valence-electron chi connectivity index (χ1n) is 4.86. The molecule has 0 fully saturated rings. The van der Waals surface area contributed by atoms with Crippen LogP contribution in [-0.2, 0) is 0 Å². The van der Waals surface area contributed by atoms with Crippen molar-refractivity contribution in [2.75, 3.05) is 18.6 Å². The summed E-state index contributed by atoms with van der Waals surface area (Å²) in [5.74, 6) is 0. The molecular formula is C11H16N4. The molecule has 4 nitrogen and oxygen atoms in total. The van der Waals surface area contributed by atoms with E-state index in [1.807, 2.05) is 11.9 Å². The van der Waals surface area contributed by atoms with Gasteiger partial charge in [0.2, 0.25) is 0 Å². The standard InChI is InChI=1S/C11H16N4/c1-8-5-9(2)11(10(3)6-8)15(4)7-13-14-12/h5-6H,7H2,1-4H3. The van der Waals surface area contributed by atoms with Crippen LogP contribution >= 0.6 is 0 Å². The Morgan fingerprint density at radius 3 is 2.27 bits per heavy atom. The normalized spacial score (nSPS) is 9.60. The van der Waals surface area contributed by atoms with Gasteiger partial charge in [0.1, 0.15) is 0 Å². The minimum atomic E-state index is 0.362. The van der Waals surface area contributed by atoms with Crippen LogP contribution in [0.2, 0.25) is 0 Å². The number of nitrogens with zero attached hydrogens (tertiary/aromatic N) is 4. The molecular weight excluding hydrogens is 188 g/mol. The van der Waals surface area contributed by atoms with Crippen molar-refractivity contribution in [1.29, 1.82) is 0 Å². The van der Waals surface area contributed by atoms with Crippen molar-refractivity contribution in [3.63, 3.8) is 0 Å². The third kappa shape index (κ3) is 2.64. The van der Waals surface area contributed by atoms with E-state index in [9.17, 15) is 0 Å². The second-order valence-corrected chi connectivity index (χ2v) is 3.82. The zero-order chi connectivity index (χ0) is 11.4. The maximum atomic E-state index is 8.28. The Balaban J connectivity index is 3.07. The second-order valence-electron chi connectivity index (χ2n) is 3.82. The highest BCUT2D eigenvalue weighted by atomic mass is 15.3. The van der Waals surface area contributed by atoms with Crippen LogP contribution < -0.4 is 4.90 Å². The van der Waals surface area contributed by atoms with Gasteiger partial charge in [0.05, 0.1) is 6.67 Å². The predicted octanol–water partition coefficient (Wildman–Crippen LogP) is 3.32. The monoisotopic (exact) mass is 204 g/mol. The van der Waals surface area contributed by atoms with Crippen molar-refractivity contribution in [3.05, 3.63) is 39.3 Å². The second kappa shape index (κ2) is 4.71. The van der Waals surface area contributed by atoms with Gasteiger partial charge in [0.15, 0.2) is 0 Å². The van der Waals surface area contributed by atoms with Gasteiger partial charge < -0.3 is 4.90 Å². The van der Waals surface area contributed by atoms with E-state index in [0.717, 1.165) is 5.69 Å². The fourth-order valence-corrected chi connectivity index (χ4v) is 1.97. The van der Waals surface area contributed by atoms with E-state index < -0.39 is 0 Å². The van der Waals surface area contributed by atoms with Gasteiger partial charge in [-0.1, -0.05) is 22.8 Å². The van der Waals surface area contributed by atoms with Crippen LogP contribution in [0.5, 0.6) is 0 Å². The quantitative estimate of drug-likeness (QED) is 0.423. The molecule has 0 N–H and O–H groups in total. The highest BCUT2D eigenvalue weighted by molar-refractivity contribution is 5.59. The minimum Gasteiger partial charge on any atom is -0.368 e. The average molecular weight is 204 g/mol. The number of aryl methyl sites for hydroxylation is 3. The van der Waals surface area contributed by atoms with Crippen molar-refractivity contribution >= 4 is 5.69 Å². The van der Waals surface area contributed by atoms with E-state index in [4.69, 9.17) is 5.53 Å². The zero-order valence-corrected chi connectivity index (χ0v) is 9.65. The maximum Gasteiger partial charge on any atom is 0.0964 e. The Kier molecular flexibility index (Phi) is 3.58. The van der Waals surface area contributed by atoms with Gasteiger partial charge in [-0.15, -0.1) is 0 Å². The summed E-state index contributed by atoms with van der Waals surface area (Å²) in [6.07, 6.45) is 0. The van der Waals surface area contributed by atoms with Crippen LogP contribution in [0.4, 0.5) is 5.69 Å². The molecule has 0 aliphatic rings. The third-order valence-corrected chi connectivity index (χ3v) is 2.36. The van der Waals surface area contributed by atoms with Crippen molar-refractivity contribution < 1.29 is 0 Å². The van der Waals surface area contributed by atoms with E-state index in [2.05, 4.69) is 42.9 Å². The molecule has 0 aromatic heterocycles. The van der Waals surface area contributed by atoms with Gasteiger partial charge in [-0.25, -0.2) is 0 Å². The number of benzene rings is 1. The minimum absolute atomic E-state index is 0.362. The molecule has 1 rings (SSSR count). The first kappa shape index (κ1) is 11.4. The fraction of sp³-hybridized carbons (Fsp3) is 0.455. The molecule has 0 unspecified atom stereocenters. The Labute approximate surface area is 90.1 Å². The summed E-state index contributed by atoms with van der Waals surface area (Å²) in [6, 6.07) is 4.27. The van der Waals surface area contributed by atoms with E-state index in [1.165, 1.54) is 16.7 Å². The number of rotatable bonds is 3. The van der Waals surface area contributed by atoms with E-state index in [0.29, 0.717) is 6.67 Å². The summed E-state index contributed by atoms with van der Waals surface area (Å²) in [5.41, 5.74) is 13.1. The molecule has 0 amide bonds. The lowest BCUT2D eigenvalue weighted by molar-refractivity contribution is 0.911. The zero-order valence-electron chi connectivity index (χ0n) is 9.65. The van der Waals surface area contributed by atoms with E-state index in [-0.39, 0.29) is 0 Å². The van der Waals surface area contributed by atoms with Crippen LogP contribution in [-0.4, -0.2) is 13.7 Å². The van der Waals surface area contributed by atoms with Gasteiger partial charge in [-0.05, 0) is 37.4 Å². The molecule has 1 aromatic rings. The van der Waals surface area contributed by atoms with Crippen LogP contribution in [0.25, 0.3) is 10.4 Å². The summed E-state index contributed by atoms with van der Waals surface area (Å²) in [5, 5.41) is 3.56. The third-order valence-electron chi connectivity index (χ3n) is 2.36. The summed E-state index contributed by atoms with van der Waals surface area (Å²) in [4.78, 5) is 4.72. The van der Waals surface area contributed by atoms with Gasteiger partial charge in [0, 0.05) is 17.6 Å². The average Bonchev–Trinajstić information content (AvgIpc) is 2.12. The molecule has 80 valence electrons. The predicted molar refractivity (Wildman–Crippen MR) is 63.1 cm³/mol. The highest BCUT2D eigenvalue weighted by Crippen LogP contribution is 2.25. The fourth-order valence-electron chi connectivity index (χ4n) is 1.97. The number of hydrogen-bond acceptors (Lipinski definition) is 2. The molecule has 0 aliphatic carbocycles. The van der Waals surface area contributed by atoms with Gasteiger partial charge in [0.25, 0.3) is 0 Å². The van der Waals surface area contributed by atoms with Gasteiger partial charge >= 0.3 is 0 Å². The molecule has 0 saturated carbocycles. The molecule has 15 heavy (non-hydrogen) atoms. The summed E-state index contributed by atoms with van der Waals surface area (Å²) >= 11 is 0. The summed E-state index contributed by atoms with van der Waals surface area (Å²) in [6.45, 7) is 6.59. The van der Waals surface area contributed by atoms with Crippen LogP contribution in [0.15, 0.2) is 17.2 Å². The lowest BCUT2D eigenvalue weighted by Crippen LogP contribution is -2.18. The largest absolute Gasteiger partial charge is 0.368 e. The molecule has 0 atom stereocenters. The molecule has 0 saturated heterocycles. The van der Waals surface area contributed by atoms with E-state index in [1.54, 1.807) is 0 Å². The van der Waals surface area contributed by atoms with Crippen LogP contribution in [0.3, 0.4) is 0 Å². The first-order chi connectivity index (χ1) is 7.06. The van der Waals surface area contributed by atoms with Crippen LogP contribution in [0, 0.1) is 20.8 Å². The molecule has 0 spiro atoms. The smallest absolute Gasteiger partial charge is 0.0964 e. The molecule has 0 bridgehead atoms. The van der Waals surface area contributed by atoms with Crippen molar-refractivity contribution in [2.45, 2.75) is 20.8 Å². The van der Waals surface area contributed by atoms with Crippen molar-refractivity contribution in [2.24, 2.45) is 5.11 Å². The lowest BCUT2D eigenvalue weighted by Gasteiger charge is -2.22. The van der Waals surface area contributed by atoms with Gasteiger partial charge in [-0.2, -0.15) is 0 Å². The Hall–Kier alpha value is -1.67. The SMILES string of the molecule is Cc1cc(C)c(N(C)CN=[N+]=[N-])c(C)c1. The lowest BCUT2D eigenvalue weighted by atomic mass is 10.0. The summed E-state index contributed by atoms with van der Waals surface area (Å²) < 4.78 is 0. The maximum absolute atomic E-state index is 8.28. The van der Waals surface area contributed by atoms with Gasteiger partial charge in [-0.3, -0.25) is 0 Å². The number of anilines is 1. The number of hydrogen-bond donors (Lipinski definition) is 0.